The van der Waals surface area contributed by atoms with Gasteiger partial charge in [-0.05, 0) is 67.6 Å². The number of nitrogens with one attached hydrogen (secondary N) is 1. The van der Waals surface area contributed by atoms with Gasteiger partial charge in [0.1, 0.15) is 12.6 Å². The number of aryl methyl sites for hydroxylation is 2. The first-order valence-corrected chi connectivity index (χ1v) is 17.5. The third-order valence-corrected chi connectivity index (χ3v) is 10.5. The summed E-state index contributed by atoms with van der Waals surface area (Å²) in [6.07, 6.45) is 4.16. The third-order valence-electron chi connectivity index (χ3n) is 8.50. The minimum Gasteiger partial charge on any atom is -0.352 e. The van der Waals surface area contributed by atoms with Crippen LogP contribution in [0.5, 0.6) is 0 Å². The Morgan fingerprint density at radius 3 is 2.13 bits per heavy atom. The average molecular weight is 658 g/mol. The highest BCUT2D eigenvalue weighted by molar-refractivity contribution is 7.92. The lowest BCUT2D eigenvalue weighted by molar-refractivity contribution is -0.140. The molecule has 1 atom stereocenters. The maximum absolute atomic E-state index is 14.7. The number of hydrogen-bond donors (Lipinski definition) is 1. The molecule has 0 spiro atoms. The van der Waals surface area contributed by atoms with E-state index in [9.17, 15) is 18.0 Å². The van der Waals surface area contributed by atoms with E-state index < -0.39 is 28.5 Å². The number of carbonyl (C=O) groups excluding carboxylic acids is 2. The Kier molecular flexibility index (Phi) is 10.8. The molecule has 2 amide bonds. The number of sulfonamides is 1. The summed E-state index contributed by atoms with van der Waals surface area (Å²) in [6, 6.07) is 29.6. The van der Waals surface area contributed by atoms with E-state index in [-0.39, 0.29) is 29.8 Å². The molecule has 1 saturated carbocycles. The van der Waals surface area contributed by atoms with Gasteiger partial charge in [0.05, 0.1) is 10.6 Å². The second kappa shape index (κ2) is 15.0. The fraction of sp³-hybridized carbons (Fsp3) is 0.297. The third kappa shape index (κ3) is 8.17. The van der Waals surface area contributed by atoms with Crippen LogP contribution in [-0.4, -0.2) is 43.8 Å². The molecule has 46 heavy (non-hydrogen) atoms. The normalized spacial score (nSPS) is 14.1. The Labute approximate surface area is 277 Å². The molecular formula is C37H40ClN3O4S. The van der Waals surface area contributed by atoms with Gasteiger partial charge in [0.25, 0.3) is 10.0 Å². The zero-order chi connectivity index (χ0) is 32.7. The Morgan fingerprint density at radius 1 is 0.848 bits per heavy atom. The van der Waals surface area contributed by atoms with Gasteiger partial charge in [-0.25, -0.2) is 8.42 Å². The molecular weight excluding hydrogens is 618 g/mol. The molecule has 9 heteroatoms. The number of halogens is 1. The number of amides is 2. The van der Waals surface area contributed by atoms with Gasteiger partial charge in [0.15, 0.2) is 0 Å². The summed E-state index contributed by atoms with van der Waals surface area (Å²) in [6.45, 7) is 3.37. The molecule has 1 N–H and O–H groups in total. The second-order valence-electron chi connectivity index (χ2n) is 12.0. The summed E-state index contributed by atoms with van der Waals surface area (Å²) in [5, 5.41) is 3.55. The minimum absolute atomic E-state index is 0.0474. The van der Waals surface area contributed by atoms with Gasteiger partial charge in [0.2, 0.25) is 11.8 Å². The van der Waals surface area contributed by atoms with Gasteiger partial charge >= 0.3 is 0 Å². The lowest BCUT2D eigenvalue weighted by atomic mass is 10.0. The van der Waals surface area contributed by atoms with Crippen molar-refractivity contribution in [2.75, 3.05) is 10.8 Å². The van der Waals surface area contributed by atoms with E-state index in [0.717, 1.165) is 46.7 Å². The van der Waals surface area contributed by atoms with E-state index in [1.165, 1.54) is 17.0 Å². The van der Waals surface area contributed by atoms with Gasteiger partial charge in [0, 0.05) is 24.0 Å². The lowest BCUT2D eigenvalue weighted by Gasteiger charge is -2.34. The number of anilines is 1. The lowest BCUT2D eigenvalue weighted by Crippen LogP contribution is -2.54. The average Bonchev–Trinajstić information content (AvgIpc) is 3.57. The largest absolute Gasteiger partial charge is 0.352 e. The molecule has 0 radical (unpaired) electrons. The van der Waals surface area contributed by atoms with Crippen LogP contribution in [0.4, 0.5) is 5.69 Å². The van der Waals surface area contributed by atoms with Crippen LogP contribution in [0.15, 0.2) is 108 Å². The smallest absolute Gasteiger partial charge is 0.264 e. The molecule has 0 aromatic heterocycles. The van der Waals surface area contributed by atoms with E-state index in [1.807, 2.05) is 61.5 Å². The molecule has 0 aliphatic heterocycles. The Hall–Kier alpha value is -4.14. The van der Waals surface area contributed by atoms with Crippen LogP contribution in [-0.2, 0) is 32.6 Å². The number of nitrogens with zero attached hydrogens (tertiary/aromatic N) is 2. The van der Waals surface area contributed by atoms with Crippen molar-refractivity contribution in [1.29, 1.82) is 0 Å². The van der Waals surface area contributed by atoms with Crippen LogP contribution in [0.25, 0.3) is 0 Å². The number of rotatable bonds is 12. The fourth-order valence-corrected chi connectivity index (χ4v) is 7.55. The summed E-state index contributed by atoms with van der Waals surface area (Å²) < 4.78 is 29.5. The highest BCUT2D eigenvalue weighted by atomic mass is 35.5. The van der Waals surface area contributed by atoms with Crippen LogP contribution in [0.2, 0.25) is 5.02 Å². The van der Waals surface area contributed by atoms with Crippen LogP contribution < -0.4 is 9.62 Å². The van der Waals surface area contributed by atoms with Crippen LogP contribution in [0, 0.1) is 13.8 Å². The van der Waals surface area contributed by atoms with Crippen molar-refractivity contribution in [1.82, 2.24) is 10.2 Å². The fourth-order valence-electron chi connectivity index (χ4n) is 5.90. The van der Waals surface area contributed by atoms with Crippen molar-refractivity contribution in [2.45, 2.75) is 69.5 Å². The molecule has 0 heterocycles. The summed E-state index contributed by atoms with van der Waals surface area (Å²) in [5.41, 5.74) is 3.74. The topological polar surface area (TPSA) is 86.8 Å². The zero-order valence-electron chi connectivity index (χ0n) is 26.2. The molecule has 0 bridgehead atoms. The maximum atomic E-state index is 14.7. The zero-order valence-corrected chi connectivity index (χ0v) is 27.8. The predicted molar refractivity (Wildman–Crippen MR) is 183 cm³/mol. The monoisotopic (exact) mass is 657 g/mol. The van der Waals surface area contributed by atoms with Crippen molar-refractivity contribution < 1.29 is 18.0 Å². The van der Waals surface area contributed by atoms with Crippen molar-refractivity contribution in [3.63, 3.8) is 0 Å². The quantitative estimate of drug-likeness (QED) is 0.181. The maximum Gasteiger partial charge on any atom is 0.264 e. The van der Waals surface area contributed by atoms with E-state index >= 15 is 0 Å². The molecule has 240 valence electrons. The molecule has 7 nitrogen and oxygen atoms in total. The van der Waals surface area contributed by atoms with E-state index in [4.69, 9.17) is 11.6 Å². The van der Waals surface area contributed by atoms with Crippen molar-refractivity contribution in [2.24, 2.45) is 0 Å². The summed E-state index contributed by atoms with van der Waals surface area (Å²) in [7, 11) is -4.20. The Morgan fingerprint density at radius 2 is 1.48 bits per heavy atom. The van der Waals surface area contributed by atoms with Crippen LogP contribution in [0.1, 0.15) is 47.9 Å². The highest BCUT2D eigenvalue weighted by Gasteiger charge is 2.36. The van der Waals surface area contributed by atoms with Gasteiger partial charge in [-0.3, -0.25) is 13.9 Å². The molecule has 4 aromatic rings. The Balaban J connectivity index is 1.58. The SMILES string of the molecule is Cc1ccc(CN(C(=O)CN(c2cc(Cl)ccc2C)S(=O)(=O)c2ccccc2)[C@H](Cc2ccccc2)C(=O)NC2CCCC2)cc1. The Bertz CT molecular complexity index is 1740. The first-order chi connectivity index (χ1) is 22.1. The summed E-state index contributed by atoms with van der Waals surface area (Å²) in [5.74, 6) is -0.741. The first-order valence-electron chi connectivity index (χ1n) is 15.6. The van der Waals surface area contributed by atoms with Crippen LogP contribution in [0.3, 0.4) is 0 Å². The summed E-state index contributed by atoms with van der Waals surface area (Å²) >= 11 is 6.37. The molecule has 0 saturated heterocycles. The van der Waals surface area contributed by atoms with Crippen molar-refractivity contribution in [3.05, 3.63) is 130 Å². The van der Waals surface area contributed by atoms with Crippen molar-refractivity contribution >= 4 is 39.1 Å². The van der Waals surface area contributed by atoms with Gasteiger partial charge in [-0.15, -0.1) is 0 Å². The molecule has 1 aliphatic carbocycles. The van der Waals surface area contributed by atoms with Gasteiger partial charge < -0.3 is 10.2 Å². The number of benzene rings is 4. The van der Waals surface area contributed by atoms with Gasteiger partial charge in [-0.1, -0.05) is 109 Å². The summed E-state index contributed by atoms with van der Waals surface area (Å²) in [4.78, 5) is 30.4. The standard InChI is InChI=1S/C37H40ClN3O4S/c1-27-17-20-30(21-18-27)25-40(35(23-29-11-5-3-6-12-29)37(43)39-32-13-9-10-14-32)36(42)26-41(34-24-31(38)22-19-28(34)2)46(44,45)33-15-7-4-8-16-33/h3-8,11-12,15-22,24,32,35H,9-10,13-14,23,25-26H2,1-2H3,(H,39,43)/t35-/m1/s1. The number of hydrogen-bond acceptors (Lipinski definition) is 4. The second-order valence-corrected chi connectivity index (χ2v) is 14.3. The van der Waals surface area contributed by atoms with Gasteiger partial charge in [-0.2, -0.15) is 0 Å². The van der Waals surface area contributed by atoms with Crippen LogP contribution >= 0.6 is 11.6 Å². The first kappa shape index (κ1) is 33.2. The molecule has 5 rings (SSSR count). The molecule has 1 aliphatic rings. The predicted octanol–water partition coefficient (Wildman–Crippen LogP) is 6.85. The van der Waals surface area contributed by atoms with E-state index in [2.05, 4.69) is 5.32 Å². The van der Waals surface area contributed by atoms with Crippen molar-refractivity contribution in [3.8, 4) is 0 Å². The molecule has 4 aromatic carbocycles. The molecule has 0 unspecified atom stereocenters. The van der Waals surface area contributed by atoms with E-state index in [0.29, 0.717) is 16.3 Å². The number of carbonyl (C=O) groups is 2. The highest BCUT2D eigenvalue weighted by Crippen LogP contribution is 2.30. The minimum atomic E-state index is -4.20. The molecule has 1 fully saturated rings. The van der Waals surface area contributed by atoms with E-state index in [1.54, 1.807) is 43.3 Å².